The number of rotatable bonds is 5. The summed E-state index contributed by atoms with van der Waals surface area (Å²) in [6, 6.07) is 12.3. The standard InChI is InChI=1S/C19H25NO2S/c1-13(2)17-11-16(9-10-19(17)20-23(5,21)22)12-18-14(3)7-6-8-15(18)4/h6-11,13,20H,12H2,1-5H3. The number of aryl methyl sites for hydroxylation is 2. The molecule has 0 radical (unpaired) electrons. The molecule has 0 unspecified atom stereocenters. The molecule has 0 aliphatic rings. The minimum Gasteiger partial charge on any atom is -0.283 e. The van der Waals surface area contributed by atoms with Gasteiger partial charge < -0.3 is 0 Å². The van der Waals surface area contributed by atoms with Gasteiger partial charge in [-0.15, -0.1) is 0 Å². The topological polar surface area (TPSA) is 46.2 Å². The summed E-state index contributed by atoms with van der Waals surface area (Å²) in [4.78, 5) is 0. The minimum absolute atomic E-state index is 0.247. The van der Waals surface area contributed by atoms with E-state index >= 15 is 0 Å². The zero-order chi connectivity index (χ0) is 17.2. The Balaban J connectivity index is 2.40. The molecule has 124 valence electrons. The van der Waals surface area contributed by atoms with E-state index in [1.54, 1.807) is 0 Å². The van der Waals surface area contributed by atoms with Crippen molar-refractivity contribution < 1.29 is 8.42 Å². The van der Waals surface area contributed by atoms with Crippen LogP contribution in [0.3, 0.4) is 0 Å². The van der Waals surface area contributed by atoms with Crippen LogP contribution in [0.2, 0.25) is 0 Å². The molecular formula is C19H25NO2S. The Morgan fingerprint density at radius 3 is 2.17 bits per heavy atom. The Kier molecular flexibility index (Phi) is 5.15. The first-order chi connectivity index (χ1) is 10.7. The van der Waals surface area contributed by atoms with Crippen molar-refractivity contribution >= 4 is 15.7 Å². The third-order valence-electron chi connectivity index (χ3n) is 4.06. The maximum absolute atomic E-state index is 11.5. The summed E-state index contributed by atoms with van der Waals surface area (Å²) < 4.78 is 25.7. The lowest BCUT2D eigenvalue weighted by Crippen LogP contribution is -2.12. The van der Waals surface area contributed by atoms with Gasteiger partial charge in [0.1, 0.15) is 0 Å². The van der Waals surface area contributed by atoms with Gasteiger partial charge in [0.2, 0.25) is 10.0 Å². The molecule has 0 heterocycles. The number of sulfonamides is 1. The summed E-state index contributed by atoms with van der Waals surface area (Å²) in [6.07, 6.45) is 2.04. The lowest BCUT2D eigenvalue weighted by molar-refractivity contribution is 0.606. The predicted molar refractivity (Wildman–Crippen MR) is 97.7 cm³/mol. The molecule has 0 aliphatic carbocycles. The van der Waals surface area contributed by atoms with E-state index in [0.29, 0.717) is 5.69 Å². The highest BCUT2D eigenvalue weighted by Crippen LogP contribution is 2.28. The van der Waals surface area contributed by atoms with Crippen molar-refractivity contribution in [2.24, 2.45) is 0 Å². The normalized spacial score (nSPS) is 11.7. The van der Waals surface area contributed by atoms with Crippen LogP contribution in [0.15, 0.2) is 36.4 Å². The van der Waals surface area contributed by atoms with Crippen LogP contribution in [0, 0.1) is 13.8 Å². The van der Waals surface area contributed by atoms with Gasteiger partial charge in [0, 0.05) is 0 Å². The summed E-state index contributed by atoms with van der Waals surface area (Å²) in [7, 11) is -3.27. The van der Waals surface area contributed by atoms with E-state index in [9.17, 15) is 8.42 Å². The molecule has 0 bridgehead atoms. The molecular weight excluding hydrogens is 306 g/mol. The highest BCUT2D eigenvalue weighted by atomic mass is 32.2. The van der Waals surface area contributed by atoms with Crippen LogP contribution in [0.5, 0.6) is 0 Å². The second kappa shape index (κ2) is 6.75. The zero-order valence-corrected chi connectivity index (χ0v) is 15.3. The fraction of sp³-hybridized carbons (Fsp3) is 0.368. The fourth-order valence-corrected chi connectivity index (χ4v) is 3.41. The van der Waals surface area contributed by atoms with E-state index in [-0.39, 0.29) is 5.92 Å². The van der Waals surface area contributed by atoms with Crippen LogP contribution < -0.4 is 4.72 Å². The molecule has 0 fully saturated rings. The van der Waals surface area contributed by atoms with Gasteiger partial charge in [-0.05, 0) is 60.1 Å². The molecule has 0 aromatic heterocycles. The Bertz CT molecular complexity index is 788. The summed E-state index contributed by atoms with van der Waals surface area (Å²) in [5.41, 5.74) is 6.81. The molecule has 3 nitrogen and oxygen atoms in total. The molecule has 1 N–H and O–H groups in total. The van der Waals surface area contributed by atoms with Gasteiger partial charge in [-0.3, -0.25) is 4.72 Å². The highest BCUT2D eigenvalue weighted by Gasteiger charge is 2.12. The van der Waals surface area contributed by atoms with Crippen LogP contribution >= 0.6 is 0 Å². The van der Waals surface area contributed by atoms with E-state index in [4.69, 9.17) is 0 Å². The molecule has 0 amide bonds. The SMILES string of the molecule is Cc1cccc(C)c1Cc1ccc(NS(C)(=O)=O)c(C(C)C)c1. The number of anilines is 1. The Hall–Kier alpha value is -1.81. The maximum atomic E-state index is 11.5. The van der Waals surface area contributed by atoms with Crippen molar-refractivity contribution in [1.82, 2.24) is 0 Å². The molecule has 0 aliphatic heterocycles. The zero-order valence-electron chi connectivity index (χ0n) is 14.5. The van der Waals surface area contributed by atoms with E-state index in [0.717, 1.165) is 12.0 Å². The van der Waals surface area contributed by atoms with Crippen LogP contribution in [0.1, 0.15) is 47.6 Å². The summed E-state index contributed by atoms with van der Waals surface area (Å²) in [6.45, 7) is 8.41. The number of benzene rings is 2. The van der Waals surface area contributed by atoms with Gasteiger partial charge in [0.25, 0.3) is 0 Å². The summed E-state index contributed by atoms with van der Waals surface area (Å²) in [5.74, 6) is 0.247. The average molecular weight is 331 g/mol. The lowest BCUT2D eigenvalue weighted by Gasteiger charge is -2.16. The van der Waals surface area contributed by atoms with Gasteiger partial charge in [-0.2, -0.15) is 0 Å². The van der Waals surface area contributed by atoms with Gasteiger partial charge in [-0.1, -0.05) is 44.2 Å². The van der Waals surface area contributed by atoms with E-state index < -0.39 is 10.0 Å². The molecule has 2 rings (SSSR count). The summed E-state index contributed by atoms with van der Waals surface area (Å²) in [5, 5.41) is 0. The molecule has 0 atom stereocenters. The van der Waals surface area contributed by atoms with Crippen LogP contribution in [-0.4, -0.2) is 14.7 Å². The Labute approximate surface area is 139 Å². The molecule has 0 saturated carbocycles. The average Bonchev–Trinajstić information content (AvgIpc) is 2.42. The second-order valence-electron chi connectivity index (χ2n) is 6.50. The molecule has 2 aromatic rings. The van der Waals surface area contributed by atoms with Gasteiger partial charge in [0.05, 0.1) is 11.9 Å². The third kappa shape index (κ3) is 4.58. The van der Waals surface area contributed by atoms with Crippen LogP contribution in [0.4, 0.5) is 5.69 Å². The maximum Gasteiger partial charge on any atom is 0.229 e. The van der Waals surface area contributed by atoms with Crippen molar-refractivity contribution in [2.75, 3.05) is 11.0 Å². The van der Waals surface area contributed by atoms with Gasteiger partial charge in [0.15, 0.2) is 0 Å². The van der Waals surface area contributed by atoms with Crippen LogP contribution in [-0.2, 0) is 16.4 Å². The third-order valence-corrected chi connectivity index (χ3v) is 4.65. The van der Waals surface area contributed by atoms with E-state index in [1.165, 1.54) is 28.5 Å². The minimum atomic E-state index is -3.27. The van der Waals surface area contributed by atoms with Crippen molar-refractivity contribution in [3.63, 3.8) is 0 Å². The first-order valence-electron chi connectivity index (χ1n) is 7.83. The smallest absolute Gasteiger partial charge is 0.229 e. The molecule has 4 heteroatoms. The number of nitrogens with one attached hydrogen (secondary N) is 1. The number of hydrogen-bond acceptors (Lipinski definition) is 2. The quantitative estimate of drug-likeness (QED) is 0.883. The fourth-order valence-electron chi connectivity index (χ4n) is 2.82. The first-order valence-corrected chi connectivity index (χ1v) is 9.72. The molecule has 0 spiro atoms. The second-order valence-corrected chi connectivity index (χ2v) is 8.25. The molecule has 23 heavy (non-hydrogen) atoms. The highest BCUT2D eigenvalue weighted by molar-refractivity contribution is 7.92. The first kappa shape index (κ1) is 17.5. The van der Waals surface area contributed by atoms with Crippen molar-refractivity contribution in [1.29, 1.82) is 0 Å². The predicted octanol–water partition coefficient (Wildman–Crippen LogP) is 4.39. The Morgan fingerprint density at radius 2 is 1.65 bits per heavy atom. The van der Waals surface area contributed by atoms with Crippen molar-refractivity contribution in [3.8, 4) is 0 Å². The monoisotopic (exact) mass is 331 g/mol. The van der Waals surface area contributed by atoms with Crippen molar-refractivity contribution in [2.45, 2.75) is 40.0 Å². The van der Waals surface area contributed by atoms with Crippen LogP contribution in [0.25, 0.3) is 0 Å². The van der Waals surface area contributed by atoms with Gasteiger partial charge in [-0.25, -0.2) is 8.42 Å². The molecule has 0 saturated heterocycles. The van der Waals surface area contributed by atoms with Crippen molar-refractivity contribution in [3.05, 3.63) is 64.2 Å². The summed E-state index contributed by atoms with van der Waals surface area (Å²) >= 11 is 0. The van der Waals surface area contributed by atoms with E-state index in [1.807, 2.05) is 12.1 Å². The van der Waals surface area contributed by atoms with E-state index in [2.05, 4.69) is 56.7 Å². The largest absolute Gasteiger partial charge is 0.283 e. The Morgan fingerprint density at radius 1 is 1.04 bits per heavy atom. The lowest BCUT2D eigenvalue weighted by atomic mass is 9.93. The van der Waals surface area contributed by atoms with Gasteiger partial charge >= 0.3 is 0 Å². The number of hydrogen-bond donors (Lipinski definition) is 1. The molecule has 2 aromatic carbocycles.